The lowest BCUT2D eigenvalue weighted by Gasteiger charge is -2.34. The Hall–Kier alpha value is -3.43. The van der Waals surface area contributed by atoms with Crippen molar-refractivity contribution in [2.24, 2.45) is 5.73 Å². The van der Waals surface area contributed by atoms with Gasteiger partial charge in [0.1, 0.15) is 17.1 Å². The predicted octanol–water partition coefficient (Wildman–Crippen LogP) is 2.02. The first-order valence-corrected chi connectivity index (χ1v) is 11.1. The van der Waals surface area contributed by atoms with E-state index in [1.165, 1.54) is 6.07 Å². The van der Waals surface area contributed by atoms with Crippen LogP contribution in [0.3, 0.4) is 0 Å². The number of aryl methyl sites for hydroxylation is 1. The number of carbonyl (C=O) groups excluding carboxylic acids is 3. The summed E-state index contributed by atoms with van der Waals surface area (Å²) in [5.74, 6) is -1.13. The lowest BCUT2D eigenvalue weighted by atomic mass is 10.0. The Morgan fingerprint density at radius 3 is 2.42 bits per heavy atom. The van der Waals surface area contributed by atoms with Gasteiger partial charge in [-0.2, -0.15) is 5.10 Å². The van der Waals surface area contributed by atoms with Crippen molar-refractivity contribution in [2.45, 2.75) is 52.2 Å². The van der Waals surface area contributed by atoms with E-state index in [4.69, 9.17) is 5.73 Å². The van der Waals surface area contributed by atoms with E-state index in [-0.39, 0.29) is 23.8 Å². The molecule has 0 atom stereocenters. The van der Waals surface area contributed by atoms with E-state index in [9.17, 15) is 18.8 Å². The normalized spacial score (nSPS) is 16.0. The Morgan fingerprint density at radius 2 is 1.79 bits per heavy atom. The molecule has 1 saturated heterocycles. The maximum absolute atomic E-state index is 13.7. The van der Waals surface area contributed by atoms with Crippen LogP contribution in [0.15, 0.2) is 18.2 Å². The number of likely N-dealkylation sites (tertiary alicyclic amines) is 1. The zero-order valence-corrected chi connectivity index (χ0v) is 19.2. The van der Waals surface area contributed by atoms with Crippen LogP contribution >= 0.6 is 0 Å². The topological polar surface area (TPSA) is 114 Å². The van der Waals surface area contributed by atoms with Crippen LogP contribution in [0.4, 0.5) is 9.18 Å². The fraction of sp³-hybridized carbons (Fsp3) is 0.478. The van der Waals surface area contributed by atoms with Gasteiger partial charge in [0.05, 0.1) is 24.3 Å². The summed E-state index contributed by atoms with van der Waals surface area (Å²) in [6.45, 7) is 7.27. The van der Waals surface area contributed by atoms with E-state index in [0.29, 0.717) is 48.7 Å². The summed E-state index contributed by atoms with van der Waals surface area (Å²) >= 11 is 0. The van der Waals surface area contributed by atoms with Crippen LogP contribution in [-0.2, 0) is 17.9 Å². The lowest BCUT2D eigenvalue weighted by molar-refractivity contribution is -0.135. The third-order valence-electron chi connectivity index (χ3n) is 6.29. The number of hydrogen-bond donors (Lipinski definition) is 2. The maximum atomic E-state index is 13.7. The number of nitrogens with two attached hydrogens (primary N) is 1. The van der Waals surface area contributed by atoms with Crippen molar-refractivity contribution in [3.05, 3.63) is 40.8 Å². The highest BCUT2D eigenvalue weighted by Gasteiger charge is 2.37. The molecule has 0 bridgehead atoms. The summed E-state index contributed by atoms with van der Waals surface area (Å²) in [5.41, 5.74) is 6.74. The van der Waals surface area contributed by atoms with Gasteiger partial charge in [0, 0.05) is 25.2 Å². The standard InChI is InChI=1S/C23H29FN6O3/c1-14-12-15(6-7-16(14)24)19-18(20(25)31)17-13-29(10-11-30(17)27-19)22(33)26-23(2,3)21(32)28-8-4-5-9-28/h6-7,12H,4-5,8-11,13H2,1-3H3,(H2,25,31)(H,26,33). The fourth-order valence-electron chi connectivity index (χ4n) is 4.46. The second-order valence-corrected chi connectivity index (χ2v) is 9.20. The van der Waals surface area contributed by atoms with Crippen molar-refractivity contribution < 1.29 is 18.8 Å². The van der Waals surface area contributed by atoms with E-state index in [2.05, 4.69) is 10.4 Å². The predicted molar refractivity (Wildman–Crippen MR) is 120 cm³/mol. The summed E-state index contributed by atoms with van der Waals surface area (Å²) < 4.78 is 15.4. The van der Waals surface area contributed by atoms with Crippen molar-refractivity contribution in [1.82, 2.24) is 24.9 Å². The van der Waals surface area contributed by atoms with Gasteiger partial charge in [-0.15, -0.1) is 0 Å². The summed E-state index contributed by atoms with van der Waals surface area (Å²) in [4.78, 5) is 41.5. The molecule has 2 aliphatic heterocycles. The van der Waals surface area contributed by atoms with Gasteiger partial charge in [0.25, 0.3) is 5.91 Å². The minimum Gasteiger partial charge on any atom is -0.365 e. The van der Waals surface area contributed by atoms with Crippen LogP contribution in [0.2, 0.25) is 0 Å². The number of rotatable bonds is 4. The molecule has 3 N–H and O–H groups in total. The number of nitrogens with one attached hydrogen (secondary N) is 1. The van der Waals surface area contributed by atoms with Gasteiger partial charge in [0.15, 0.2) is 0 Å². The van der Waals surface area contributed by atoms with Crippen LogP contribution in [0, 0.1) is 12.7 Å². The number of nitrogens with zero attached hydrogens (tertiary/aromatic N) is 4. The molecule has 10 heteroatoms. The van der Waals surface area contributed by atoms with Crippen molar-refractivity contribution in [3.8, 4) is 11.3 Å². The zero-order valence-electron chi connectivity index (χ0n) is 19.2. The number of fused-ring (bicyclic) bond motifs is 1. The van der Waals surface area contributed by atoms with E-state index in [0.717, 1.165) is 12.8 Å². The van der Waals surface area contributed by atoms with Crippen LogP contribution in [0.25, 0.3) is 11.3 Å². The molecular formula is C23H29FN6O3. The number of halogens is 1. The summed E-state index contributed by atoms with van der Waals surface area (Å²) in [6, 6.07) is 4.11. The number of urea groups is 1. The molecule has 1 aromatic heterocycles. The first-order valence-electron chi connectivity index (χ1n) is 11.1. The van der Waals surface area contributed by atoms with Crippen LogP contribution in [0.5, 0.6) is 0 Å². The minimum atomic E-state index is -1.05. The molecule has 2 aromatic rings. The summed E-state index contributed by atoms with van der Waals surface area (Å²) in [5, 5.41) is 7.38. The fourth-order valence-corrected chi connectivity index (χ4v) is 4.46. The average Bonchev–Trinajstić information content (AvgIpc) is 3.42. The van der Waals surface area contributed by atoms with E-state index < -0.39 is 17.5 Å². The van der Waals surface area contributed by atoms with Crippen molar-refractivity contribution >= 4 is 17.8 Å². The zero-order chi connectivity index (χ0) is 23.9. The quantitative estimate of drug-likeness (QED) is 0.733. The molecule has 0 aliphatic carbocycles. The Morgan fingerprint density at radius 1 is 1.09 bits per heavy atom. The Balaban J connectivity index is 1.57. The first kappa shape index (κ1) is 22.8. The molecule has 176 valence electrons. The van der Waals surface area contributed by atoms with Crippen molar-refractivity contribution in [3.63, 3.8) is 0 Å². The van der Waals surface area contributed by atoms with Gasteiger partial charge < -0.3 is 20.9 Å². The van der Waals surface area contributed by atoms with E-state index in [1.807, 2.05) is 0 Å². The molecular weight excluding hydrogens is 427 g/mol. The Bertz CT molecular complexity index is 1120. The number of aromatic nitrogens is 2. The molecule has 0 radical (unpaired) electrons. The lowest BCUT2D eigenvalue weighted by Crippen LogP contribution is -2.58. The third-order valence-corrected chi connectivity index (χ3v) is 6.29. The van der Waals surface area contributed by atoms with Gasteiger partial charge >= 0.3 is 6.03 Å². The minimum absolute atomic E-state index is 0.109. The molecule has 0 spiro atoms. The summed E-state index contributed by atoms with van der Waals surface area (Å²) in [6.07, 6.45) is 1.94. The van der Waals surface area contributed by atoms with Gasteiger partial charge in [-0.1, -0.05) is 0 Å². The highest BCUT2D eigenvalue weighted by Crippen LogP contribution is 2.29. The van der Waals surface area contributed by atoms with Crippen LogP contribution < -0.4 is 11.1 Å². The largest absolute Gasteiger partial charge is 0.365 e. The second kappa shape index (κ2) is 8.49. The average molecular weight is 457 g/mol. The number of carbonyl (C=O) groups is 3. The first-order chi connectivity index (χ1) is 15.6. The van der Waals surface area contributed by atoms with Crippen LogP contribution in [0.1, 0.15) is 48.3 Å². The highest BCUT2D eigenvalue weighted by atomic mass is 19.1. The third kappa shape index (κ3) is 4.29. The Labute approximate surface area is 191 Å². The second-order valence-electron chi connectivity index (χ2n) is 9.20. The van der Waals surface area contributed by atoms with E-state index in [1.54, 1.807) is 47.4 Å². The van der Waals surface area contributed by atoms with Gasteiger partial charge in [0.2, 0.25) is 5.91 Å². The van der Waals surface area contributed by atoms with Crippen LogP contribution in [-0.4, -0.2) is 62.6 Å². The molecule has 4 amide bonds. The number of benzene rings is 1. The molecule has 33 heavy (non-hydrogen) atoms. The van der Waals surface area contributed by atoms with Gasteiger partial charge in [-0.25, -0.2) is 9.18 Å². The Kier molecular flexibility index (Phi) is 5.85. The molecule has 3 heterocycles. The molecule has 1 aromatic carbocycles. The number of hydrogen-bond acceptors (Lipinski definition) is 4. The SMILES string of the molecule is Cc1cc(-c2nn3c(c2C(N)=O)CN(C(=O)NC(C)(C)C(=O)N2CCCC2)CC3)ccc1F. The smallest absolute Gasteiger partial charge is 0.318 e. The molecule has 1 fully saturated rings. The molecule has 0 saturated carbocycles. The molecule has 2 aliphatic rings. The van der Waals surface area contributed by atoms with E-state index >= 15 is 0 Å². The molecule has 4 rings (SSSR count). The summed E-state index contributed by atoms with van der Waals surface area (Å²) in [7, 11) is 0. The molecule has 9 nitrogen and oxygen atoms in total. The monoisotopic (exact) mass is 456 g/mol. The van der Waals surface area contributed by atoms with Crippen molar-refractivity contribution in [2.75, 3.05) is 19.6 Å². The number of primary amides is 1. The maximum Gasteiger partial charge on any atom is 0.318 e. The molecule has 0 unspecified atom stereocenters. The highest BCUT2D eigenvalue weighted by molar-refractivity contribution is 6.00. The van der Waals surface area contributed by atoms with Crippen molar-refractivity contribution in [1.29, 1.82) is 0 Å². The van der Waals surface area contributed by atoms with Gasteiger partial charge in [-0.3, -0.25) is 14.3 Å². The van der Waals surface area contributed by atoms with Gasteiger partial charge in [-0.05, 0) is 57.4 Å². The number of amides is 4.